The summed E-state index contributed by atoms with van der Waals surface area (Å²) >= 11 is 0. The minimum Gasteiger partial charge on any atom is -0.492 e. The fourth-order valence-electron chi connectivity index (χ4n) is 8.21. The van der Waals surface area contributed by atoms with Gasteiger partial charge in [0.1, 0.15) is 0 Å². The van der Waals surface area contributed by atoms with Crippen LogP contribution in [0.3, 0.4) is 0 Å². The summed E-state index contributed by atoms with van der Waals surface area (Å²) in [6, 6.07) is 27.3. The van der Waals surface area contributed by atoms with Crippen molar-refractivity contribution >= 4 is 44.8 Å². The van der Waals surface area contributed by atoms with Gasteiger partial charge in [0.05, 0.1) is 14.2 Å². The lowest BCUT2D eigenvalue weighted by Gasteiger charge is -2.33. The molecule has 7 heteroatoms. The predicted octanol–water partition coefficient (Wildman–Crippen LogP) is 11.2. The maximum Gasteiger partial charge on any atom is 0.332 e. The average Bonchev–Trinajstić information content (AvgIpc) is 3.45. The number of carbonyl (C=O) groups excluding carboxylic acids is 3. The summed E-state index contributed by atoms with van der Waals surface area (Å²) in [4.78, 5) is 45.9. The van der Waals surface area contributed by atoms with Crippen LogP contribution in [-0.4, -0.2) is 37.5 Å². The van der Waals surface area contributed by atoms with Crippen LogP contribution in [0, 0.1) is 0 Å². The molecular weight excluding hydrogens is 663 g/mol. The van der Waals surface area contributed by atoms with Gasteiger partial charge in [-0.05, 0) is 58.0 Å². The topological polar surface area (TPSA) is 91.3 Å². The molecule has 7 nitrogen and oxygen atoms in total. The van der Waals surface area contributed by atoms with Crippen LogP contribution in [0.25, 0.3) is 32.7 Å². The molecule has 0 atom stereocenters. The fraction of sp³-hybridized carbons (Fsp3) is 0.348. The van der Waals surface area contributed by atoms with Crippen molar-refractivity contribution < 1.29 is 28.7 Å². The summed E-state index contributed by atoms with van der Waals surface area (Å²) in [5.74, 6) is -1.00. The Labute approximate surface area is 312 Å². The molecule has 0 fully saturated rings. The maximum atomic E-state index is 14.5. The third kappa shape index (κ3) is 7.22. The number of Topliss-reactive ketones (excluding diaryl/α,β-unsaturated/α-hetero) is 2. The maximum absolute atomic E-state index is 14.5. The molecule has 274 valence electrons. The number of hydrogen-bond acceptors (Lipinski definition) is 7. The van der Waals surface area contributed by atoms with E-state index in [9.17, 15) is 14.4 Å². The van der Waals surface area contributed by atoms with Gasteiger partial charge in [-0.1, -0.05) is 143 Å². The number of oxime groups is 1. The second-order valence-corrected chi connectivity index (χ2v) is 14.1. The number of benzene rings is 5. The lowest BCUT2D eigenvalue weighted by atomic mass is 9.70. The van der Waals surface area contributed by atoms with Gasteiger partial charge >= 0.3 is 5.97 Å². The van der Waals surface area contributed by atoms with Gasteiger partial charge in [-0.15, -0.1) is 0 Å². The first-order valence-electron chi connectivity index (χ1n) is 18.9. The first kappa shape index (κ1) is 37.5. The van der Waals surface area contributed by atoms with Crippen LogP contribution in [0.1, 0.15) is 117 Å². The van der Waals surface area contributed by atoms with E-state index >= 15 is 0 Å². The second kappa shape index (κ2) is 16.6. The number of nitrogens with zero attached hydrogens (tertiary/aromatic N) is 1. The fourth-order valence-corrected chi connectivity index (χ4v) is 8.21. The second-order valence-electron chi connectivity index (χ2n) is 14.1. The summed E-state index contributed by atoms with van der Waals surface area (Å²) in [5, 5.41) is 7.19. The minimum atomic E-state index is -0.734. The molecule has 0 radical (unpaired) electrons. The first-order chi connectivity index (χ1) is 25.8. The molecule has 0 N–H and O–H groups in total. The van der Waals surface area contributed by atoms with Gasteiger partial charge in [0.15, 0.2) is 17.2 Å². The average molecular weight is 712 g/mol. The Kier molecular flexibility index (Phi) is 11.7. The molecule has 6 rings (SSSR count). The van der Waals surface area contributed by atoms with E-state index in [0.29, 0.717) is 22.4 Å². The molecule has 5 aromatic rings. The molecular formula is C46H49NO6. The van der Waals surface area contributed by atoms with Crippen LogP contribution in [0.4, 0.5) is 0 Å². The Hall–Kier alpha value is -5.30. The third-order valence-corrected chi connectivity index (χ3v) is 10.7. The van der Waals surface area contributed by atoms with Crippen molar-refractivity contribution in [1.82, 2.24) is 0 Å². The monoisotopic (exact) mass is 711 g/mol. The van der Waals surface area contributed by atoms with Crippen LogP contribution in [-0.2, 0) is 15.0 Å². The molecule has 0 aromatic heterocycles. The number of hydrogen-bond donors (Lipinski definition) is 0. The molecule has 53 heavy (non-hydrogen) atoms. The predicted molar refractivity (Wildman–Crippen MR) is 213 cm³/mol. The molecule has 0 spiro atoms. The smallest absolute Gasteiger partial charge is 0.332 e. The lowest BCUT2D eigenvalue weighted by molar-refractivity contribution is -0.140. The molecule has 0 heterocycles. The largest absolute Gasteiger partial charge is 0.492 e. The van der Waals surface area contributed by atoms with E-state index in [4.69, 9.17) is 14.3 Å². The Bertz CT molecular complexity index is 2190. The Morgan fingerprint density at radius 1 is 0.585 bits per heavy atom. The molecule has 5 aromatic carbocycles. The van der Waals surface area contributed by atoms with Crippen molar-refractivity contribution in [2.75, 3.05) is 14.2 Å². The molecule has 0 saturated heterocycles. The van der Waals surface area contributed by atoms with E-state index in [1.807, 2.05) is 42.5 Å². The summed E-state index contributed by atoms with van der Waals surface area (Å²) in [5.41, 5.74) is 4.55. The number of unbranched alkanes of at least 4 members (excludes halogenated alkanes) is 6. The molecule has 0 saturated carbocycles. The van der Waals surface area contributed by atoms with Crippen LogP contribution < -0.4 is 9.47 Å². The Morgan fingerprint density at radius 2 is 1.13 bits per heavy atom. The molecule has 0 aliphatic heterocycles. The first-order valence-corrected chi connectivity index (χ1v) is 18.9. The van der Waals surface area contributed by atoms with Crippen molar-refractivity contribution in [1.29, 1.82) is 0 Å². The summed E-state index contributed by atoms with van der Waals surface area (Å²) in [6.07, 6.45) is 11.1. The highest BCUT2D eigenvalue weighted by molar-refractivity contribution is 6.71. The summed E-state index contributed by atoms with van der Waals surface area (Å²) in [6.45, 7) is 5.64. The van der Waals surface area contributed by atoms with Crippen molar-refractivity contribution in [3.8, 4) is 22.6 Å². The van der Waals surface area contributed by atoms with Gasteiger partial charge < -0.3 is 14.3 Å². The summed E-state index contributed by atoms with van der Waals surface area (Å²) in [7, 11) is 3.13. The number of fused-ring (bicyclic) bond motifs is 6. The molecule has 0 amide bonds. The zero-order valence-corrected chi connectivity index (χ0v) is 31.6. The van der Waals surface area contributed by atoms with Crippen molar-refractivity contribution in [2.45, 2.75) is 90.4 Å². The van der Waals surface area contributed by atoms with Gasteiger partial charge in [-0.2, -0.15) is 0 Å². The van der Waals surface area contributed by atoms with Crippen LogP contribution in [0.2, 0.25) is 0 Å². The highest BCUT2D eigenvalue weighted by Crippen LogP contribution is 2.54. The number of ether oxygens (including phenoxy) is 2. The standard InChI is InChI=1S/C46H49NO6/c1-6-8-10-16-26-46(27-17-11-9-7-2)39-21-15-14-19-35(39)36-25-23-32(29-40(36)46)43(50)41(47-53-30(3)48)42(49)31-22-24-34-33-18-12-13-20-37(33)44(51-4)45(52-5)38(34)28-31/h12-15,18-25,28-29H,6-11,16-17,26-27H2,1-5H3. The molecule has 0 bridgehead atoms. The number of ketones is 2. The number of rotatable bonds is 17. The van der Waals surface area contributed by atoms with E-state index in [2.05, 4.69) is 43.3 Å². The van der Waals surface area contributed by atoms with E-state index < -0.39 is 23.2 Å². The molecule has 1 aliphatic rings. The normalized spacial score (nSPS) is 13.1. The van der Waals surface area contributed by atoms with Gasteiger partial charge in [0.25, 0.3) is 0 Å². The Balaban J connectivity index is 1.44. The van der Waals surface area contributed by atoms with Gasteiger partial charge in [0.2, 0.25) is 11.6 Å². The molecule has 0 unspecified atom stereocenters. The van der Waals surface area contributed by atoms with Gasteiger partial charge in [-0.25, -0.2) is 4.79 Å². The lowest BCUT2D eigenvalue weighted by Crippen LogP contribution is -2.28. The zero-order valence-electron chi connectivity index (χ0n) is 31.6. The van der Waals surface area contributed by atoms with Gasteiger partial charge in [0, 0.05) is 34.2 Å². The third-order valence-electron chi connectivity index (χ3n) is 10.7. The van der Waals surface area contributed by atoms with E-state index in [1.54, 1.807) is 32.4 Å². The van der Waals surface area contributed by atoms with Crippen molar-refractivity contribution in [3.63, 3.8) is 0 Å². The van der Waals surface area contributed by atoms with Crippen LogP contribution in [0.5, 0.6) is 11.5 Å². The quantitative estimate of drug-likeness (QED) is 0.0181. The van der Waals surface area contributed by atoms with Crippen molar-refractivity contribution in [3.05, 3.63) is 107 Å². The zero-order chi connectivity index (χ0) is 37.5. The van der Waals surface area contributed by atoms with E-state index in [1.165, 1.54) is 30.9 Å². The van der Waals surface area contributed by atoms with Crippen LogP contribution >= 0.6 is 0 Å². The highest BCUT2D eigenvalue weighted by Gasteiger charge is 2.42. The van der Waals surface area contributed by atoms with E-state index in [-0.39, 0.29) is 11.0 Å². The van der Waals surface area contributed by atoms with E-state index in [0.717, 1.165) is 78.7 Å². The van der Waals surface area contributed by atoms with Crippen molar-refractivity contribution in [2.24, 2.45) is 5.16 Å². The molecule has 1 aliphatic carbocycles. The number of methoxy groups -OCH3 is 2. The summed E-state index contributed by atoms with van der Waals surface area (Å²) < 4.78 is 11.6. The van der Waals surface area contributed by atoms with Gasteiger partial charge in [-0.3, -0.25) is 9.59 Å². The van der Waals surface area contributed by atoms with Crippen LogP contribution in [0.15, 0.2) is 90.1 Å². The minimum absolute atomic E-state index is 0.196. The SMILES string of the molecule is CCCCCCC1(CCCCCC)c2ccccc2-c2ccc(C(=O)C(=NOC(C)=O)C(=O)c3ccc4c(c3)c(OC)c(OC)c3ccccc34)cc21. The Morgan fingerprint density at radius 3 is 1.77 bits per heavy atom. The number of carbonyl (C=O) groups is 3. The highest BCUT2D eigenvalue weighted by atomic mass is 16.7.